The number of furan rings is 1. The van der Waals surface area contributed by atoms with Crippen molar-refractivity contribution < 1.29 is 18.8 Å². The van der Waals surface area contributed by atoms with Gasteiger partial charge < -0.3 is 25.7 Å². The van der Waals surface area contributed by atoms with Gasteiger partial charge in [-0.1, -0.05) is 39.7 Å². The summed E-state index contributed by atoms with van der Waals surface area (Å²) < 4.78 is 5.26. The largest absolute Gasteiger partial charge is 0.459 e. The number of anilines is 1. The maximum absolute atomic E-state index is 13.1. The Balaban J connectivity index is 1.45. The Morgan fingerprint density at radius 1 is 1.05 bits per heavy atom. The normalized spacial score (nSPS) is 20.7. The molecule has 2 heterocycles. The average Bonchev–Trinajstić information content (AvgIpc) is 3.40. The summed E-state index contributed by atoms with van der Waals surface area (Å²) in [6.45, 7) is 9.24. The zero-order valence-corrected chi connectivity index (χ0v) is 22.8. The van der Waals surface area contributed by atoms with Crippen LogP contribution in [0.1, 0.15) is 79.4 Å². The number of nitrogens with one attached hydrogen (secondary N) is 2. The molecule has 1 aliphatic carbocycles. The van der Waals surface area contributed by atoms with Gasteiger partial charge in [0.1, 0.15) is 0 Å². The Morgan fingerprint density at radius 2 is 1.79 bits per heavy atom. The Morgan fingerprint density at radius 3 is 2.45 bits per heavy atom. The van der Waals surface area contributed by atoms with Gasteiger partial charge in [-0.2, -0.15) is 0 Å². The smallest absolute Gasteiger partial charge is 0.289 e. The summed E-state index contributed by atoms with van der Waals surface area (Å²) in [4.78, 5) is 42.6. The molecule has 2 unspecified atom stereocenters. The van der Waals surface area contributed by atoms with Crippen LogP contribution in [0.4, 0.5) is 5.69 Å². The molecule has 9 heteroatoms. The number of nitrogens with zero attached hydrogens (tertiary/aromatic N) is 2. The van der Waals surface area contributed by atoms with Gasteiger partial charge in [0.15, 0.2) is 5.76 Å². The quantitative estimate of drug-likeness (QED) is 0.510. The number of piperazine rings is 1. The first-order valence-corrected chi connectivity index (χ1v) is 13.6. The predicted octanol–water partition coefficient (Wildman–Crippen LogP) is 3.61. The fraction of sp³-hybridized carbons (Fsp3) is 0.552. The number of amides is 3. The zero-order valence-electron chi connectivity index (χ0n) is 22.8. The molecule has 1 saturated carbocycles. The van der Waals surface area contributed by atoms with Crippen LogP contribution in [0.25, 0.3) is 0 Å². The van der Waals surface area contributed by atoms with E-state index in [-0.39, 0.29) is 35.2 Å². The third-order valence-electron chi connectivity index (χ3n) is 7.26. The number of carbonyl (C=O) groups is 3. The van der Waals surface area contributed by atoms with Crippen molar-refractivity contribution in [2.45, 2.75) is 71.5 Å². The minimum absolute atomic E-state index is 0.0312. The summed E-state index contributed by atoms with van der Waals surface area (Å²) in [7, 11) is 0. The number of carbonyl (C=O) groups excluding carboxylic acids is 3. The molecule has 3 amide bonds. The maximum atomic E-state index is 13.1. The third-order valence-corrected chi connectivity index (χ3v) is 7.26. The van der Waals surface area contributed by atoms with E-state index in [1.54, 1.807) is 23.1 Å². The van der Waals surface area contributed by atoms with E-state index in [9.17, 15) is 14.4 Å². The molecule has 0 spiro atoms. The fourth-order valence-corrected chi connectivity index (χ4v) is 5.14. The highest BCUT2D eigenvalue weighted by Gasteiger charge is 2.26. The second kappa shape index (κ2) is 12.1. The minimum Gasteiger partial charge on any atom is -0.459 e. The van der Waals surface area contributed by atoms with Crippen LogP contribution in [0.5, 0.6) is 0 Å². The van der Waals surface area contributed by atoms with Gasteiger partial charge in [-0.25, -0.2) is 0 Å². The second-order valence-corrected chi connectivity index (χ2v) is 11.7. The summed E-state index contributed by atoms with van der Waals surface area (Å²) in [5.41, 5.74) is 8.16. The first kappa shape index (κ1) is 27.9. The van der Waals surface area contributed by atoms with E-state index in [1.807, 2.05) is 32.9 Å². The van der Waals surface area contributed by atoms with Gasteiger partial charge in [0.05, 0.1) is 6.26 Å². The first-order chi connectivity index (χ1) is 18.1. The molecule has 2 atom stereocenters. The van der Waals surface area contributed by atoms with Crippen LogP contribution in [0.15, 0.2) is 41.0 Å². The van der Waals surface area contributed by atoms with Crippen LogP contribution in [0.2, 0.25) is 0 Å². The Kier molecular flexibility index (Phi) is 8.89. The first-order valence-electron chi connectivity index (χ1n) is 13.6. The van der Waals surface area contributed by atoms with Crippen molar-refractivity contribution in [3.05, 3.63) is 53.5 Å². The van der Waals surface area contributed by atoms with Crippen molar-refractivity contribution in [2.24, 2.45) is 11.1 Å². The molecule has 2 aliphatic rings. The van der Waals surface area contributed by atoms with E-state index in [0.717, 1.165) is 31.2 Å². The lowest BCUT2D eigenvalue weighted by Gasteiger charge is -2.34. The van der Waals surface area contributed by atoms with Crippen LogP contribution in [-0.2, 0) is 11.3 Å². The highest BCUT2D eigenvalue weighted by molar-refractivity contribution is 5.98. The summed E-state index contributed by atoms with van der Waals surface area (Å²) in [5.74, 6) is -0.00192. The van der Waals surface area contributed by atoms with Crippen LogP contribution < -0.4 is 16.4 Å². The van der Waals surface area contributed by atoms with Gasteiger partial charge in [-0.05, 0) is 48.1 Å². The molecule has 38 heavy (non-hydrogen) atoms. The number of benzene rings is 1. The predicted molar refractivity (Wildman–Crippen MR) is 147 cm³/mol. The van der Waals surface area contributed by atoms with Crippen LogP contribution >= 0.6 is 0 Å². The Bertz CT molecular complexity index is 1120. The molecule has 206 valence electrons. The zero-order chi connectivity index (χ0) is 27.3. The van der Waals surface area contributed by atoms with Crippen molar-refractivity contribution in [1.29, 1.82) is 0 Å². The lowest BCUT2D eigenvalue weighted by molar-refractivity contribution is -0.117. The van der Waals surface area contributed by atoms with E-state index >= 15 is 0 Å². The standard InChI is InChI=1S/C29H41N5O4/c1-29(2,3)18-26(35)31-24-17-20(27(36)32-23-8-5-4-7-22(23)30)10-11-21(24)19-33-12-14-34(15-13-33)28(37)25-9-6-16-38-25/h6,9-11,16-17,22-23H,4-5,7-8,12-15,18-19,30H2,1-3H3,(H,31,35)(H,32,36). The highest BCUT2D eigenvalue weighted by Crippen LogP contribution is 2.25. The maximum Gasteiger partial charge on any atom is 0.289 e. The Hall–Kier alpha value is -3.17. The SMILES string of the molecule is CC(C)(C)CC(=O)Nc1cc(C(=O)NC2CCCCC2N)ccc1CN1CCN(C(=O)c2ccco2)CC1. The number of nitrogens with two attached hydrogens (primary N) is 1. The Labute approximate surface area is 225 Å². The van der Waals surface area contributed by atoms with Crippen LogP contribution in [-0.4, -0.2) is 65.8 Å². The molecule has 1 aromatic carbocycles. The van der Waals surface area contributed by atoms with Crippen LogP contribution in [0, 0.1) is 5.41 Å². The van der Waals surface area contributed by atoms with Gasteiger partial charge in [0.25, 0.3) is 11.8 Å². The number of hydrogen-bond donors (Lipinski definition) is 3. The summed E-state index contributed by atoms with van der Waals surface area (Å²) in [6, 6.07) is 8.84. The molecule has 1 aromatic heterocycles. The molecule has 0 radical (unpaired) electrons. The molecule has 2 fully saturated rings. The highest BCUT2D eigenvalue weighted by atomic mass is 16.3. The second-order valence-electron chi connectivity index (χ2n) is 11.7. The van der Waals surface area contributed by atoms with Crippen LogP contribution in [0.3, 0.4) is 0 Å². The molecule has 4 rings (SSSR count). The molecule has 1 aliphatic heterocycles. The molecule has 9 nitrogen and oxygen atoms in total. The topological polar surface area (TPSA) is 121 Å². The van der Waals surface area contributed by atoms with Crippen molar-refractivity contribution in [1.82, 2.24) is 15.1 Å². The van der Waals surface area contributed by atoms with Gasteiger partial charge in [0.2, 0.25) is 5.91 Å². The molecule has 4 N–H and O–H groups in total. The van der Waals surface area contributed by atoms with Crippen molar-refractivity contribution in [2.75, 3.05) is 31.5 Å². The monoisotopic (exact) mass is 523 g/mol. The summed E-state index contributed by atoms with van der Waals surface area (Å²) in [5, 5.41) is 6.16. The van der Waals surface area contributed by atoms with Gasteiger partial charge in [0, 0.05) is 62.5 Å². The number of rotatable bonds is 7. The van der Waals surface area contributed by atoms with E-state index in [0.29, 0.717) is 56.2 Å². The number of hydrogen-bond acceptors (Lipinski definition) is 6. The molecule has 2 aromatic rings. The van der Waals surface area contributed by atoms with Crippen molar-refractivity contribution in [3.8, 4) is 0 Å². The van der Waals surface area contributed by atoms with Crippen molar-refractivity contribution >= 4 is 23.4 Å². The van der Waals surface area contributed by atoms with Gasteiger partial charge in [-0.3, -0.25) is 19.3 Å². The summed E-state index contributed by atoms with van der Waals surface area (Å²) >= 11 is 0. The molecular weight excluding hydrogens is 482 g/mol. The van der Waals surface area contributed by atoms with E-state index in [4.69, 9.17) is 10.2 Å². The lowest BCUT2D eigenvalue weighted by Crippen LogP contribution is -2.49. The fourth-order valence-electron chi connectivity index (χ4n) is 5.14. The lowest BCUT2D eigenvalue weighted by atomic mass is 9.91. The molecule has 0 bridgehead atoms. The summed E-state index contributed by atoms with van der Waals surface area (Å²) in [6.07, 6.45) is 5.83. The van der Waals surface area contributed by atoms with E-state index in [2.05, 4.69) is 15.5 Å². The molecule has 1 saturated heterocycles. The van der Waals surface area contributed by atoms with Gasteiger partial charge >= 0.3 is 0 Å². The van der Waals surface area contributed by atoms with Crippen molar-refractivity contribution in [3.63, 3.8) is 0 Å². The van der Waals surface area contributed by atoms with E-state index in [1.165, 1.54) is 6.26 Å². The average molecular weight is 524 g/mol. The van der Waals surface area contributed by atoms with E-state index < -0.39 is 0 Å². The van der Waals surface area contributed by atoms with Gasteiger partial charge in [-0.15, -0.1) is 0 Å². The molecular formula is C29H41N5O4. The minimum atomic E-state index is -0.171. The third kappa shape index (κ3) is 7.45.